The number of rotatable bonds is 4. The number of para-hydroxylation sites is 1. The lowest BCUT2D eigenvalue weighted by atomic mass is 9.78. The van der Waals surface area contributed by atoms with Crippen molar-refractivity contribution >= 4 is 0 Å². The summed E-state index contributed by atoms with van der Waals surface area (Å²) in [5, 5.41) is 13.4. The van der Waals surface area contributed by atoms with Crippen molar-refractivity contribution in [3.63, 3.8) is 0 Å². The minimum Gasteiger partial charge on any atom is -0.299 e. The van der Waals surface area contributed by atoms with Gasteiger partial charge in [0.15, 0.2) is 0 Å². The van der Waals surface area contributed by atoms with E-state index < -0.39 is 0 Å². The molecule has 1 aromatic heterocycles. The van der Waals surface area contributed by atoms with Crippen molar-refractivity contribution in [3.05, 3.63) is 48.3 Å². The van der Waals surface area contributed by atoms with Crippen LogP contribution in [0.4, 0.5) is 0 Å². The van der Waals surface area contributed by atoms with Crippen LogP contribution in [-0.2, 0) is 6.54 Å². The molecule has 1 aliphatic rings. The van der Waals surface area contributed by atoms with Crippen LogP contribution in [-0.4, -0.2) is 27.8 Å². The van der Waals surface area contributed by atoms with Gasteiger partial charge in [-0.2, -0.15) is 10.4 Å². The first kappa shape index (κ1) is 18.2. The van der Waals surface area contributed by atoms with Gasteiger partial charge in [-0.15, -0.1) is 0 Å². The summed E-state index contributed by atoms with van der Waals surface area (Å²) in [5.74, 6) is 0. The Morgan fingerprint density at radius 2 is 1.83 bits per heavy atom. The molecule has 1 fully saturated rings. The highest BCUT2D eigenvalue weighted by Crippen LogP contribution is 2.34. The second kappa shape index (κ2) is 8.65. The first-order chi connectivity index (χ1) is 11.7. The van der Waals surface area contributed by atoms with Crippen molar-refractivity contribution in [2.24, 2.45) is 5.41 Å². The van der Waals surface area contributed by atoms with Crippen LogP contribution in [0.25, 0.3) is 5.69 Å². The van der Waals surface area contributed by atoms with Crippen LogP contribution in [0.1, 0.15) is 45.6 Å². The fraction of sp³-hybridized carbons (Fsp3) is 0.500. The predicted octanol–water partition coefficient (Wildman–Crippen LogP) is 4.41. The lowest BCUT2D eigenvalue weighted by Gasteiger charge is -2.37. The molecule has 4 heteroatoms. The number of benzene rings is 1. The van der Waals surface area contributed by atoms with Gasteiger partial charge < -0.3 is 0 Å². The van der Waals surface area contributed by atoms with Crippen molar-refractivity contribution in [3.8, 4) is 11.8 Å². The van der Waals surface area contributed by atoms with Crippen LogP contribution in [0.2, 0.25) is 0 Å². The molecule has 2 heterocycles. The van der Waals surface area contributed by atoms with Gasteiger partial charge in [0, 0.05) is 24.7 Å². The molecule has 1 aliphatic heterocycles. The molecule has 2 aromatic rings. The Hall–Kier alpha value is -2.12. The number of piperidine rings is 1. The van der Waals surface area contributed by atoms with Crippen LogP contribution in [0.3, 0.4) is 0 Å². The number of nitrogens with zero attached hydrogens (tertiary/aromatic N) is 4. The molecule has 0 spiro atoms. The number of likely N-dealkylation sites (tertiary alicyclic amines) is 1. The van der Waals surface area contributed by atoms with Gasteiger partial charge >= 0.3 is 0 Å². The van der Waals surface area contributed by atoms with E-state index in [4.69, 9.17) is 5.26 Å². The molecular formula is C20H28N4. The smallest absolute Gasteiger partial charge is 0.0645 e. The second-order valence-corrected chi connectivity index (χ2v) is 6.55. The van der Waals surface area contributed by atoms with Gasteiger partial charge in [0.2, 0.25) is 0 Å². The average molecular weight is 324 g/mol. The van der Waals surface area contributed by atoms with E-state index in [-0.39, 0.29) is 5.41 Å². The lowest BCUT2D eigenvalue weighted by molar-refractivity contribution is 0.116. The number of hydrogen-bond acceptors (Lipinski definition) is 3. The molecule has 0 amide bonds. The van der Waals surface area contributed by atoms with Crippen molar-refractivity contribution in [2.45, 2.75) is 46.6 Å². The highest BCUT2D eigenvalue weighted by atomic mass is 15.3. The fourth-order valence-electron chi connectivity index (χ4n) is 3.04. The molecule has 0 N–H and O–H groups in total. The van der Waals surface area contributed by atoms with E-state index in [1.165, 1.54) is 5.56 Å². The third-order valence-corrected chi connectivity index (χ3v) is 4.63. The Balaban J connectivity index is 0.00000100. The van der Waals surface area contributed by atoms with E-state index in [0.29, 0.717) is 6.42 Å². The maximum absolute atomic E-state index is 8.92. The maximum atomic E-state index is 8.92. The molecule has 4 nitrogen and oxygen atoms in total. The van der Waals surface area contributed by atoms with E-state index in [9.17, 15) is 0 Å². The van der Waals surface area contributed by atoms with E-state index in [2.05, 4.69) is 41.3 Å². The summed E-state index contributed by atoms with van der Waals surface area (Å²) in [5.41, 5.74) is 2.54. The van der Waals surface area contributed by atoms with Gasteiger partial charge in [-0.1, -0.05) is 39.0 Å². The molecule has 0 unspecified atom stereocenters. The minimum atomic E-state index is 0.208. The monoisotopic (exact) mass is 324 g/mol. The summed E-state index contributed by atoms with van der Waals surface area (Å²) in [7, 11) is 0. The molecule has 1 saturated heterocycles. The predicted molar refractivity (Wildman–Crippen MR) is 97.8 cm³/mol. The summed E-state index contributed by atoms with van der Waals surface area (Å²) >= 11 is 0. The van der Waals surface area contributed by atoms with Crippen molar-refractivity contribution in [1.82, 2.24) is 14.7 Å². The Kier molecular flexibility index (Phi) is 6.57. The van der Waals surface area contributed by atoms with Gasteiger partial charge in [0.25, 0.3) is 0 Å². The molecule has 1 aromatic carbocycles. The summed E-state index contributed by atoms with van der Waals surface area (Å²) in [6.45, 7) is 9.31. The SMILES string of the molecule is CC.CC1(CC#N)CCN(Cc2cnn(-c3ccccc3)c2)CC1. The van der Waals surface area contributed by atoms with Gasteiger partial charge in [-0.25, -0.2) is 4.68 Å². The second-order valence-electron chi connectivity index (χ2n) is 6.55. The van der Waals surface area contributed by atoms with Gasteiger partial charge in [-0.05, 0) is 43.5 Å². The first-order valence-electron chi connectivity index (χ1n) is 8.87. The highest BCUT2D eigenvalue weighted by Gasteiger charge is 2.29. The van der Waals surface area contributed by atoms with Crippen molar-refractivity contribution in [2.75, 3.05) is 13.1 Å². The Morgan fingerprint density at radius 3 is 2.46 bits per heavy atom. The molecule has 3 rings (SSSR count). The van der Waals surface area contributed by atoms with Gasteiger partial charge in [-0.3, -0.25) is 4.90 Å². The van der Waals surface area contributed by atoms with Crippen LogP contribution >= 0.6 is 0 Å². The molecule has 0 atom stereocenters. The summed E-state index contributed by atoms with van der Waals surface area (Å²) in [6.07, 6.45) is 6.95. The molecule has 0 radical (unpaired) electrons. The highest BCUT2D eigenvalue weighted by molar-refractivity contribution is 5.30. The quantitative estimate of drug-likeness (QED) is 0.836. The van der Waals surface area contributed by atoms with Crippen LogP contribution < -0.4 is 0 Å². The molecular weight excluding hydrogens is 296 g/mol. The Morgan fingerprint density at radius 1 is 1.17 bits per heavy atom. The van der Waals surface area contributed by atoms with Crippen LogP contribution in [0.5, 0.6) is 0 Å². The molecule has 0 aliphatic carbocycles. The minimum absolute atomic E-state index is 0.208. The average Bonchev–Trinajstić information content (AvgIpc) is 3.08. The third-order valence-electron chi connectivity index (χ3n) is 4.63. The standard InChI is InChI=1S/C18H22N4.C2H6/c1-18(7-10-19)8-11-21(12-9-18)14-16-13-20-22(15-16)17-5-3-2-4-6-17;1-2/h2-6,13,15H,7-9,11-12,14H2,1H3;1-2H3. The van der Waals surface area contributed by atoms with E-state index in [1.807, 2.05) is 42.9 Å². The first-order valence-corrected chi connectivity index (χ1v) is 8.87. The summed E-state index contributed by atoms with van der Waals surface area (Å²) in [4.78, 5) is 2.46. The zero-order valence-electron chi connectivity index (χ0n) is 15.1. The lowest BCUT2D eigenvalue weighted by Crippen LogP contribution is -2.38. The van der Waals surface area contributed by atoms with Crippen molar-refractivity contribution in [1.29, 1.82) is 5.26 Å². The Bertz CT molecular complexity index is 646. The van der Waals surface area contributed by atoms with Crippen LogP contribution in [0.15, 0.2) is 42.7 Å². The van der Waals surface area contributed by atoms with Crippen molar-refractivity contribution < 1.29 is 0 Å². The number of aromatic nitrogens is 2. The Labute approximate surface area is 145 Å². The third kappa shape index (κ3) is 4.69. The fourth-order valence-corrected chi connectivity index (χ4v) is 3.04. The summed E-state index contributed by atoms with van der Waals surface area (Å²) in [6, 6.07) is 12.5. The van der Waals surface area contributed by atoms with Gasteiger partial charge in [0.05, 0.1) is 18.0 Å². The number of hydrogen-bond donors (Lipinski definition) is 0. The maximum Gasteiger partial charge on any atom is 0.0645 e. The largest absolute Gasteiger partial charge is 0.299 e. The topological polar surface area (TPSA) is 44.9 Å². The molecule has 128 valence electrons. The van der Waals surface area contributed by atoms with E-state index >= 15 is 0 Å². The van der Waals surface area contributed by atoms with E-state index in [0.717, 1.165) is 38.2 Å². The zero-order chi connectivity index (χ0) is 17.4. The number of nitriles is 1. The van der Waals surface area contributed by atoms with Gasteiger partial charge in [0.1, 0.15) is 0 Å². The van der Waals surface area contributed by atoms with Crippen LogP contribution in [0, 0.1) is 16.7 Å². The normalized spacial score (nSPS) is 16.8. The van der Waals surface area contributed by atoms with E-state index in [1.54, 1.807) is 0 Å². The molecule has 24 heavy (non-hydrogen) atoms. The molecule has 0 bridgehead atoms. The molecule has 0 saturated carbocycles. The summed E-state index contributed by atoms with van der Waals surface area (Å²) < 4.78 is 1.93. The zero-order valence-corrected chi connectivity index (χ0v) is 15.1.